The molecule has 1 aliphatic rings. The van der Waals surface area contributed by atoms with Crippen LogP contribution in [0.1, 0.15) is 36.6 Å². The largest absolute Gasteiger partial charge is 0.497 e. The lowest BCUT2D eigenvalue weighted by Gasteiger charge is -2.14. The average molecular weight is 560 g/mol. The molecule has 0 unspecified atom stereocenters. The topological polar surface area (TPSA) is 80.8 Å². The molecular formula is C31H30FN3O4S. The molecule has 206 valence electrons. The van der Waals surface area contributed by atoms with Crippen LogP contribution in [0.2, 0.25) is 0 Å². The third kappa shape index (κ3) is 6.66. The Labute approximate surface area is 236 Å². The normalized spacial score (nSPS) is 14.7. The first kappa shape index (κ1) is 27.3. The van der Waals surface area contributed by atoms with Gasteiger partial charge in [-0.15, -0.1) is 11.3 Å². The molecule has 4 aromatic rings. The van der Waals surface area contributed by atoms with Crippen LogP contribution in [0.4, 0.5) is 20.0 Å². The first-order valence-electron chi connectivity index (χ1n) is 13.1. The van der Waals surface area contributed by atoms with Crippen molar-refractivity contribution < 1.29 is 23.5 Å². The number of amides is 1. The highest BCUT2D eigenvalue weighted by Crippen LogP contribution is 2.30. The first-order valence-corrected chi connectivity index (χ1v) is 13.9. The van der Waals surface area contributed by atoms with E-state index >= 15 is 4.39 Å². The van der Waals surface area contributed by atoms with Gasteiger partial charge in [0.05, 0.1) is 25.0 Å². The molecule has 9 heteroatoms. The molecule has 0 saturated carbocycles. The molecule has 40 heavy (non-hydrogen) atoms. The molecule has 0 bridgehead atoms. The van der Waals surface area contributed by atoms with Gasteiger partial charge in [-0.2, -0.15) is 0 Å². The Morgan fingerprint density at radius 3 is 2.73 bits per heavy atom. The van der Waals surface area contributed by atoms with Crippen molar-refractivity contribution in [2.45, 2.75) is 38.8 Å². The van der Waals surface area contributed by atoms with E-state index in [1.807, 2.05) is 53.9 Å². The summed E-state index contributed by atoms with van der Waals surface area (Å²) in [5.41, 5.74) is 4.78. The molecule has 2 heterocycles. The van der Waals surface area contributed by atoms with Crippen molar-refractivity contribution in [2.24, 2.45) is 0 Å². The molecule has 7 nitrogen and oxygen atoms in total. The lowest BCUT2D eigenvalue weighted by atomic mass is 10.0. The van der Waals surface area contributed by atoms with Gasteiger partial charge in [-0.1, -0.05) is 36.4 Å². The fourth-order valence-electron chi connectivity index (χ4n) is 4.59. The highest BCUT2D eigenvalue weighted by molar-refractivity contribution is 7.13. The summed E-state index contributed by atoms with van der Waals surface area (Å²) in [5, 5.41) is 6.25. The average Bonchev–Trinajstić information content (AvgIpc) is 3.57. The van der Waals surface area contributed by atoms with Crippen LogP contribution in [-0.2, 0) is 22.5 Å². The number of ketones is 1. The number of aromatic nitrogens is 1. The number of benzene rings is 3. The number of carbonyl (C=O) groups excluding carboxylic acids is 2. The van der Waals surface area contributed by atoms with Crippen LogP contribution in [-0.4, -0.2) is 36.6 Å². The molecule has 0 radical (unpaired) electrons. The number of ether oxygens (including phenoxy) is 2. The maximum absolute atomic E-state index is 15.1. The molecule has 1 amide bonds. The number of nitrogens with zero attached hydrogens (tertiary/aromatic N) is 2. The van der Waals surface area contributed by atoms with Gasteiger partial charge >= 0.3 is 6.09 Å². The quantitative estimate of drug-likeness (QED) is 0.216. The lowest BCUT2D eigenvalue weighted by molar-refractivity contribution is -0.117. The zero-order valence-corrected chi connectivity index (χ0v) is 23.2. The number of carbonyl (C=O) groups is 2. The Hall–Kier alpha value is -4.24. The Kier molecular flexibility index (Phi) is 8.40. The summed E-state index contributed by atoms with van der Waals surface area (Å²) in [7, 11) is 1.65. The fraction of sp³-hybridized carbons (Fsp3) is 0.258. The standard InChI is InChI=1S/C31H30FN3O4S/c1-20(36)6-12-27-18-35(31(37)39-27)25-11-13-28(29(32)16-25)23-9-7-21(8-10-23)14-24-19-40-30(34-24)33-17-22-4-3-5-26(15-22)38-2/h3-5,7-11,13,15-16,19,27H,6,12,14,17-18H2,1-2H3,(H,33,34)/t27-/m0/s1. The van der Waals surface area contributed by atoms with E-state index in [1.54, 1.807) is 30.6 Å². The summed E-state index contributed by atoms with van der Waals surface area (Å²) < 4.78 is 25.7. The van der Waals surface area contributed by atoms with Gasteiger partial charge in [-0.25, -0.2) is 14.2 Å². The van der Waals surface area contributed by atoms with Crippen molar-refractivity contribution in [1.82, 2.24) is 4.98 Å². The Balaban J connectivity index is 1.19. The second-order valence-electron chi connectivity index (χ2n) is 9.74. The number of rotatable bonds is 11. The molecule has 0 spiro atoms. The van der Waals surface area contributed by atoms with Crippen molar-refractivity contribution in [2.75, 3.05) is 23.9 Å². The minimum Gasteiger partial charge on any atom is -0.497 e. The zero-order valence-electron chi connectivity index (χ0n) is 22.4. The van der Waals surface area contributed by atoms with Crippen LogP contribution in [0.3, 0.4) is 0 Å². The minimum absolute atomic E-state index is 0.0461. The molecule has 1 N–H and O–H groups in total. The highest BCUT2D eigenvalue weighted by Gasteiger charge is 2.32. The van der Waals surface area contributed by atoms with Crippen LogP contribution < -0.4 is 15.0 Å². The Bertz CT molecular complexity index is 1500. The van der Waals surface area contributed by atoms with Crippen molar-refractivity contribution in [1.29, 1.82) is 0 Å². The molecule has 1 aromatic heterocycles. The van der Waals surface area contributed by atoms with E-state index in [-0.39, 0.29) is 11.9 Å². The molecule has 1 aliphatic heterocycles. The fourth-order valence-corrected chi connectivity index (χ4v) is 5.30. The lowest BCUT2D eigenvalue weighted by Crippen LogP contribution is -2.24. The molecule has 3 aromatic carbocycles. The van der Waals surface area contributed by atoms with Gasteiger partial charge in [0.2, 0.25) is 0 Å². The van der Waals surface area contributed by atoms with Crippen molar-refractivity contribution in [3.05, 3.63) is 94.7 Å². The molecule has 1 saturated heterocycles. The van der Waals surface area contributed by atoms with Crippen LogP contribution in [0, 0.1) is 5.82 Å². The second-order valence-corrected chi connectivity index (χ2v) is 10.6. The number of halogens is 1. The van der Waals surface area contributed by atoms with Crippen LogP contribution in [0.15, 0.2) is 72.1 Å². The molecule has 0 aliphatic carbocycles. The van der Waals surface area contributed by atoms with Gasteiger partial charge in [-0.3, -0.25) is 4.90 Å². The van der Waals surface area contributed by atoms with Gasteiger partial charge in [0.15, 0.2) is 5.13 Å². The Morgan fingerprint density at radius 1 is 1.15 bits per heavy atom. The van der Waals surface area contributed by atoms with E-state index < -0.39 is 11.9 Å². The van der Waals surface area contributed by atoms with E-state index in [9.17, 15) is 9.59 Å². The van der Waals surface area contributed by atoms with Crippen molar-refractivity contribution in [3.8, 4) is 16.9 Å². The number of anilines is 2. The van der Waals surface area contributed by atoms with Crippen LogP contribution >= 0.6 is 11.3 Å². The highest BCUT2D eigenvalue weighted by atomic mass is 32.1. The zero-order chi connectivity index (χ0) is 28.1. The molecule has 1 fully saturated rings. The predicted octanol–water partition coefficient (Wildman–Crippen LogP) is 6.86. The molecule has 1 atom stereocenters. The van der Waals surface area contributed by atoms with Crippen LogP contribution in [0.25, 0.3) is 11.1 Å². The molecular weight excluding hydrogens is 529 g/mol. The summed E-state index contributed by atoms with van der Waals surface area (Å²) in [6, 6.07) is 20.4. The van der Waals surface area contributed by atoms with Crippen molar-refractivity contribution >= 4 is 34.0 Å². The number of methoxy groups -OCH3 is 1. The second kappa shape index (κ2) is 12.3. The van der Waals surface area contributed by atoms with Crippen LogP contribution in [0.5, 0.6) is 5.75 Å². The number of hydrogen-bond acceptors (Lipinski definition) is 7. The first-order chi connectivity index (χ1) is 19.4. The maximum atomic E-state index is 15.1. The summed E-state index contributed by atoms with van der Waals surface area (Å²) >= 11 is 1.56. The number of Topliss-reactive ketones (excluding diaryl/α,β-unsaturated/α-hetero) is 1. The van der Waals surface area contributed by atoms with Gasteiger partial charge in [0, 0.05) is 30.3 Å². The third-order valence-electron chi connectivity index (χ3n) is 6.74. The SMILES string of the molecule is COc1cccc(CNc2nc(Cc3ccc(-c4ccc(N5C[C@H](CCC(C)=O)OC5=O)cc4F)cc3)cs2)c1. The summed E-state index contributed by atoms with van der Waals surface area (Å²) in [6.07, 6.45) is 0.586. The summed E-state index contributed by atoms with van der Waals surface area (Å²) in [6.45, 7) is 2.46. The number of thiazole rings is 1. The van der Waals surface area contributed by atoms with E-state index in [1.165, 1.54) is 17.9 Å². The van der Waals surface area contributed by atoms with E-state index in [2.05, 4.69) is 5.32 Å². The van der Waals surface area contributed by atoms with E-state index in [0.29, 0.717) is 43.6 Å². The molecule has 5 rings (SSSR count). The summed E-state index contributed by atoms with van der Waals surface area (Å²) in [5.74, 6) is 0.451. The summed E-state index contributed by atoms with van der Waals surface area (Å²) in [4.78, 5) is 29.6. The predicted molar refractivity (Wildman–Crippen MR) is 155 cm³/mol. The maximum Gasteiger partial charge on any atom is 0.414 e. The van der Waals surface area contributed by atoms with E-state index in [0.717, 1.165) is 33.3 Å². The third-order valence-corrected chi connectivity index (χ3v) is 7.59. The number of hydrogen-bond donors (Lipinski definition) is 1. The van der Waals surface area contributed by atoms with Gasteiger partial charge in [0.1, 0.15) is 23.5 Å². The van der Waals surface area contributed by atoms with Crippen molar-refractivity contribution in [3.63, 3.8) is 0 Å². The van der Waals surface area contributed by atoms with Gasteiger partial charge in [0.25, 0.3) is 0 Å². The van der Waals surface area contributed by atoms with E-state index in [4.69, 9.17) is 14.5 Å². The monoisotopic (exact) mass is 559 g/mol. The minimum atomic E-state index is -0.522. The van der Waals surface area contributed by atoms with Gasteiger partial charge < -0.3 is 19.6 Å². The number of cyclic esters (lactones) is 1. The smallest absolute Gasteiger partial charge is 0.414 e. The Morgan fingerprint density at radius 2 is 1.98 bits per heavy atom. The number of nitrogens with one attached hydrogen (secondary N) is 1. The van der Waals surface area contributed by atoms with Gasteiger partial charge in [-0.05, 0) is 60.4 Å².